The molecule has 1 aliphatic carbocycles. The molecule has 1 fully saturated rings. The number of carbonyl (C=O) groups excluding carboxylic acids is 1. The van der Waals surface area contributed by atoms with E-state index >= 15 is 0 Å². The third kappa shape index (κ3) is 5.74. The molecule has 1 aromatic heterocycles. The minimum Gasteiger partial charge on any atom is -0.439 e. The van der Waals surface area contributed by atoms with E-state index in [0.717, 1.165) is 32.1 Å². The molecule has 1 aliphatic rings. The van der Waals surface area contributed by atoms with Gasteiger partial charge < -0.3 is 15.8 Å². The van der Waals surface area contributed by atoms with Crippen molar-refractivity contribution in [1.29, 1.82) is 0 Å². The lowest BCUT2D eigenvalue weighted by Gasteiger charge is -2.31. The van der Waals surface area contributed by atoms with Crippen molar-refractivity contribution in [2.24, 2.45) is 5.73 Å². The largest absolute Gasteiger partial charge is 0.439 e. The Bertz CT molecular complexity index is 703. The van der Waals surface area contributed by atoms with Crippen LogP contribution in [0.15, 0.2) is 42.6 Å². The molecule has 1 amide bonds. The molecule has 3 N–H and O–H groups in total. The third-order valence-electron chi connectivity index (χ3n) is 4.23. The minimum atomic E-state index is -0.749. The number of aromatic nitrogens is 1. The normalized spacial score (nSPS) is 15.2. The highest BCUT2D eigenvalue weighted by molar-refractivity contribution is 6.30. The van der Waals surface area contributed by atoms with Crippen LogP contribution in [0, 0.1) is 0 Å². The van der Waals surface area contributed by atoms with E-state index in [4.69, 9.17) is 22.1 Å². The molecule has 0 unspecified atom stereocenters. The molecule has 8 heteroatoms. The van der Waals surface area contributed by atoms with Gasteiger partial charge >= 0.3 is 0 Å². The molecule has 0 aliphatic heterocycles. The van der Waals surface area contributed by atoms with Crippen LogP contribution >= 0.6 is 36.4 Å². The number of nitrogens with one attached hydrogen (secondary N) is 1. The van der Waals surface area contributed by atoms with E-state index in [1.807, 2.05) is 0 Å². The first-order chi connectivity index (χ1) is 11.5. The number of hydrogen-bond donors (Lipinski definition) is 2. The highest BCUT2D eigenvalue weighted by atomic mass is 35.5. The summed E-state index contributed by atoms with van der Waals surface area (Å²) in [6, 6.07) is 10.5. The van der Waals surface area contributed by atoms with Gasteiger partial charge in [-0.05, 0) is 43.2 Å². The van der Waals surface area contributed by atoms with Crippen LogP contribution in [0.4, 0.5) is 5.69 Å². The zero-order chi connectivity index (χ0) is 17.0. The number of ether oxygens (including phenoxy) is 1. The molecule has 1 heterocycles. The molecule has 5 nitrogen and oxygen atoms in total. The first-order valence-electron chi connectivity index (χ1n) is 8.05. The van der Waals surface area contributed by atoms with Crippen molar-refractivity contribution in [2.45, 2.75) is 37.6 Å². The van der Waals surface area contributed by atoms with Crippen molar-refractivity contribution in [3.05, 3.63) is 47.6 Å². The predicted molar refractivity (Wildman–Crippen MR) is 109 cm³/mol. The zero-order valence-corrected chi connectivity index (χ0v) is 16.5. The maximum Gasteiger partial charge on any atom is 0.244 e. The molecular weight excluding hydrogens is 397 g/mol. The average molecular weight is 419 g/mol. The van der Waals surface area contributed by atoms with Gasteiger partial charge in [-0.15, -0.1) is 24.8 Å². The van der Waals surface area contributed by atoms with Crippen LogP contribution < -0.4 is 15.8 Å². The lowest BCUT2D eigenvalue weighted by Crippen LogP contribution is -2.52. The molecular formula is C18H22Cl3N3O2. The van der Waals surface area contributed by atoms with E-state index in [1.54, 1.807) is 36.4 Å². The van der Waals surface area contributed by atoms with Crippen molar-refractivity contribution in [2.75, 3.05) is 5.32 Å². The summed E-state index contributed by atoms with van der Waals surface area (Å²) in [6.07, 6.45) is 6.16. The molecule has 26 heavy (non-hydrogen) atoms. The van der Waals surface area contributed by atoms with Gasteiger partial charge in [0.2, 0.25) is 11.8 Å². The number of nitrogens with two attached hydrogens (primary N) is 1. The number of halogens is 3. The number of amides is 1. The highest BCUT2D eigenvalue weighted by Gasteiger charge is 2.35. The van der Waals surface area contributed by atoms with Gasteiger partial charge in [-0.2, -0.15) is 0 Å². The van der Waals surface area contributed by atoms with Gasteiger partial charge in [0.25, 0.3) is 0 Å². The molecule has 0 spiro atoms. The molecule has 1 saturated carbocycles. The molecule has 1 aromatic carbocycles. The van der Waals surface area contributed by atoms with Crippen LogP contribution in [0.2, 0.25) is 5.02 Å². The van der Waals surface area contributed by atoms with Crippen LogP contribution in [0.5, 0.6) is 11.6 Å². The Morgan fingerprint density at radius 1 is 1.08 bits per heavy atom. The average Bonchev–Trinajstić information content (AvgIpc) is 2.59. The number of benzene rings is 1. The summed E-state index contributed by atoms with van der Waals surface area (Å²) < 4.78 is 5.62. The van der Waals surface area contributed by atoms with E-state index in [9.17, 15) is 4.79 Å². The number of carbonyl (C=O) groups is 1. The number of hydrogen-bond acceptors (Lipinski definition) is 4. The SMILES string of the molecule is Cl.Cl.NC1(C(=O)Nc2ccc(Oc3ccc(Cl)cn3)cc2)CCCCC1. The van der Waals surface area contributed by atoms with Crippen molar-refractivity contribution < 1.29 is 9.53 Å². The first-order valence-corrected chi connectivity index (χ1v) is 8.43. The monoisotopic (exact) mass is 417 g/mol. The van der Waals surface area contributed by atoms with E-state index < -0.39 is 5.54 Å². The second kappa shape index (κ2) is 9.97. The van der Waals surface area contributed by atoms with Gasteiger partial charge in [0.05, 0.1) is 10.6 Å². The Morgan fingerprint density at radius 2 is 1.73 bits per heavy atom. The van der Waals surface area contributed by atoms with Crippen molar-refractivity contribution in [3.63, 3.8) is 0 Å². The Labute approximate surface area is 170 Å². The topological polar surface area (TPSA) is 77.2 Å². The fourth-order valence-corrected chi connectivity index (χ4v) is 2.93. The molecule has 0 saturated heterocycles. The van der Waals surface area contributed by atoms with Gasteiger partial charge in [-0.1, -0.05) is 30.9 Å². The quantitative estimate of drug-likeness (QED) is 0.734. The van der Waals surface area contributed by atoms with Gasteiger partial charge in [0, 0.05) is 18.0 Å². The molecule has 0 bridgehead atoms. The van der Waals surface area contributed by atoms with Gasteiger partial charge in [0.15, 0.2) is 0 Å². The van der Waals surface area contributed by atoms with Crippen LogP contribution in [-0.4, -0.2) is 16.4 Å². The molecule has 0 radical (unpaired) electrons. The summed E-state index contributed by atoms with van der Waals surface area (Å²) in [5.41, 5.74) is 6.19. The fourth-order valence-electron chi connectivity index (χ4n) is 2.81. The second-order valence-electron chi connectivity index (χ2n) is 6.11. The Hall–Kier alpha value is -1.53. The smallest absolute Gasteiger partial charge is 0.244 e. The highest BCUT2D eigenvalue weighted by Crippen LogP contribution is 2.28. The zero-order valence-electron chi connectivity index (χ0n) is 14.1. The van der Waals surface area contributed by atoms with E-state index in [2.05, 4.69) is 10.3 Å². The summed E-state index contributed by atoms with van der Waals surface area (Å²) in [7, 11) is 0. The maximum absolute atomic E-state index is 12.4. The Kier molecular flexibility index (Phi) is 8.63. The summed E-state index contributed by atoms with van der Waals surface area (Å²) in [6.45, 7) is 0. The third-order valence-corrected chi connectivity index (χ3v) is 4.46. The molecule has 0 atom stereocenters. The number of pyridine rings is 1. The lowest BCUT2D eigenvalue weighted by molar-refractivity contribution is -0.122. The fraction of sp³-hybridized carbons (Fsp3) is 0.333. The van der Waals surface area contributed by atoms with Crippen LogP contribution in [-0.2, 0) is 4.79 Å². The van der Waals surface area contributed by atoms with Crippen LogP contribution in [0.1, 0.15) is 32.1 Å². The number of rotatable bonds is 4. The summed E-state index contributed by atoms with van der Waals surface area (Å²) >= 11 is 5.79. The van der Waals surface area contributed by atoms with Crippen LogP contribution in [0.25, 0.3) is 0 Å². The second-order valence-corrected chi connectivity index (χ2v) is 6.55. The molecule has 2 aromatic rings. The predicted octanol–water partition coefficient (Wildman–Crippen LogP) is 4.97. The van der Waals surface area contributed by atoms with E-state index in [1.165, 1.54) is 6.20 Å². The molecule has 142 valence electrons. The van der Waals surface area contributed by atoms with Crippen molar-refractivity contribution in [1.82, 2.24) is 4.98 Å². The van der Waals surface area contributed by atoms with Crippen molar-refractivity contribution >= 4 is 48.0 Å². The first kappa shape index (κ1) is 22.5. The molecule has 3 rings (SSSR count). The van der Waals surface area contributed by atoms with E-state index in [0.29, 0.717) is 22.3 Å². The Balaban J connectivity index is 0.00000169. The minimum absolute atomic E-state index is 0. The van der Waals surface area contributed by atoms with Gasteiger partial charge in [-0.3, -0.25) is 4.79 Å². The Morgan fingerprint density at radius 3 is 2.31 bits per heavy atom. The standard InChI is InChI=1S/C18H20ClN3O2.2ClH/c19-13-4-9-16(21-12-13)24-15-7-5-14(6-8-15)22-17(23)18(20)10-2-1-3-11-18;;/h4-9,12H,1-3,10-11,20H2,(H,22,23);2*1H. The number of anilines is 1. The summed E-state index contributed by atoms with van der Waals surface area (Å²) in [5.74, 6) is 0.970. The lowest BCUT2D eigenvalue weighted by atomic mass is 9.82. The number of nitrogens with zero attached hydrogens (tertiary/aromatic N) is 1. The summed E-state index contributed by atoms with van der Waals surface area (Å²) in [4.78, 5) is 16.5. The van der Waals surface area contributed by atoms with Gasteiger partial charge in [-0.25, -0.2) is 4.98 Å². The maximum atomic E-state index is 12.4. The summed E-state index contributed by atoms with van der Waals surface area (Å²) in [5, 5.41) is 3.45. The van der Waals surface area contributed by atoms with E-state index in [-0.39, 0.29) is 30.7 Å². The van der Waals surface area contributed by atoms with Gasteiger partial charge in [0.1, 0.15) is 5.75 Å². The van der Waals surface area contributed by atoms with Crippen molar-refractivity contribution in [3.8, 4) is 11.6 Å². The van der Waals surface area contributed by atoms with Crippen LogP contribution in [0.3, 0.4) is 0 Å².